The van der Waals surface area contributed by atoms with Gasteiger partial charge in [0.2, 0.25) is 0 Å². The van der Waals surface area contributed by atoms with E-state index in [4.69, 9.17) is 16.0 Å². The van der Waals surface area contributed by atoms with Crippen LogP contribution in [0.25, 0.3) is 0 Å². The highest BCUT2D eigenvalue weighted by atomic mass is 79.9. The van der Waals surface area contributed by atoms with Crippen molar-refractivity contribution in [2.75, 3.05) is 5.88 Å². The molecular formula is C13H17BrClNO2. The highest BCUT2D eigenvalue weighted by molar-refractivity contribution is 9.10. The molecule has 1 fully saturated rings. The van der Waals surface area contributed by atoms with E-state index >= 15 is 0 Å². The Balaban J connectivity index is 2.08. The van der Waals surface area contributed by atoms with Crippen molar-refractivity contribution >= 4 is 33.4 Å². The number of furan rings is 1. The standard InChI is InChI=1S/C13H17BrClNO2/c1-9-3-2-6-13(7-9,8-15)16-12(17)10-4-5-11(14)18-10/h4-5,9H,2-3,6-8H2,1H3,(H,16,17). The zero-order chi connectivity index (χ0) is 13.2. The number of halogens is 2. The third kappa shape index (κ3) is 3.09. The predicted octanol–water partition coefficient (Wildman–Crippen LogP) is 3.96. The third-order valence-electron chi connectivity index (χ3n) is 3.52. The molecule has 1 amide bonds. The highest BCUT2D eigenvalue weighted by Crippen LogP contribution is 2.33. The lowest BCUT2D eigenvalue weighted by Crippen LogP contribution is -2.52. The van der Waals surface area contributed by atoms with Crippen molar-refractivity contribution in [1.82, 2.24) is 5.32 Å². The zero-order valence-corrected chi connectivity index (χ0v) is 12.7. The molecule has 1 aromatic heterocycles. The topological polar surface area (TPSA) is 42.2 Å². The fourth-order valence-corrected chi connectivity index (χ4v) is 3.28. The Hall–Kier alpha value is -0.480. The van der Waals surface area contributed by atoms with E-state index in [1.165, 1.54) is 6.42 Å². The number of alkyl halides is 1. The Morgan fingerprint density at radius 3 is 3.00 bits per heavy atom. The van der Waals surface area contributed by atoms with Gasteiger partial charge in [-0.15, -0.1) is 11.6 Å². The minimum absolute atomic E-state index is 0.185. The molecule has 0 aromatic carbocycles. The molecule has 0 radical (unpaired) electrons. The molecule has 0 aliphatic heterocycles. The maximum absolute atomic E-state index is 12.1. The summed E-state index contributed by atoms with van der Waals surface area (Å²) < 4.78 is 5.82. The van der Waals surface area contributed by atoms with Crippen molar-refractivity contribution < 1.29 is 9.21 Å². The van der Waals surface area contributed by atoms with Gasteiger partial charge in [0.05, 0.1) is 5.54 Å². The Morgan fingerprint density at radius 1 is 1.67 bits per heavy atom. The van der Waals surface area contributed by atoms with E-state index in [9.17, 15) is 4.79 Å². The van der Waals surface area contributed by atoms with E-state index in [1.807, 2.05) is 0 Å². The molecule has 2 rings (SSSR count). The molecule has 5 heteroatoms. The summed E-state index contributed by atoms with van der Waals surface area (Å²) in [6.07, 6.45) is 4.19. The quantitative estimate of drug-likeness (QED) is 0.850. The van der Waals surface area contributed by atoms with E-state index in [0.717, 1.165) is 19.3 Å². The fourth-order valence-electron chi connectivity index (χ4n) is 2.67. The average Bonchev–Trinajstić information content (AvgIpc) is 2.76. The van der Waals surface area contributed by atoms with E-state index in [-0.39, 0.29) is 11.4 Å². The van der Waals surface area contributed by atoms with Gasteiger partial charge in [-0.2, -0.15) is 0 Å². The Bertz CT molecular complexity index is 434. The molecule has 0 saturated heterocycles. The smallest absolute Gasteiger partial charge is 0.287 e. The molecule has 3 nitrogen and oxygen atoms in total. The second-order valence-corrected chi connectivity index (χ2v) is 6.22. The zero-order valence-electron chi connectivity index (χ0n) is 10.3. The maximum atomic E-state index is 12.1. The lowest BCUT2D eigenvalue weighted by atomic mass is 9.77. The molecule has 18 heavy (non-hydrogen) atoms. The Labute approximate surface area is 120 Å². The van der Waals surface area contributed by atoms with Crippen LogP contribution in [0.3, 0.4) is 0 Å². The van der Waals surface area contributed by atoms with Crippen molar-refractivity contribution in [1.29, 1.82) is 0 Å². The summed E-state index contributed by atoms with van der Waals surface area (Å²) in [7, 11) is 0. The van der Waals surface area contributed by atoms with E-state index < -0.39 is 0 Å². The predicted molar refractivity (Wildman–Crippen MR) is 75.0 cm³/mol. The number of carbonyl (C=O) groups excluding carboxylic acids is 1. The first kappa shape index (κ1) is 13.9. The SMILES string of the molecule is CC1CCCC(CCl)(NC(=O)c2ccc(Br)o2)C1. The summed E-state index contributed by atoms with van der Waals surface area (Å²) >= 11 is 9.28. The van der Waals surface area contributed by atoms with Gasteiger partial charge < -0.3 is 9.73 Å². The maximum Gasteiger partial charge on any atom is 0.287 e. The minimum Gasteiger partial charge on any atom is -0.444 e. The second-order valence-electron chi connectivity index (χ2n) is 5.17. The third-order valence-corrected chi connectivity index (χ3v) is 4.46. The highest BCUT2D eigenvalue weighted by Gasteiger charge is 2.36. The van der Waals surface area contributed by atoms with E-state index in [1.54, 1.807) is 12.1 Å². The molecule has 2 atom stereocenters. The molecule has 1 heterocycles. The normalized spacial score (nSPS) is 28.1. The second kappa shape index (κ2) is 5.66. The Kier molecular flexibility index (Phi) is 4.38. The molecule has 2 unspecified atom stereocenters. The lowest BCUT2D eigenvalue weighted by Gasteiger charge is -2.39. The minimum atomic E-state index is -0.282. The summed E-state index contributed by atoms with van der Waals surface area (Å²) in [6.45, 7) is 2.20. The van der Waals surface area contributed by atoms with Crippen molar-refractivity contribution in [3.05, 3.63) is 22.6 Å². The average molecular weight is 335 g/mol. The summed E-state index contributed by atoms with van der Waals surface area (Å²) in [5.74, 6) is 1.19. The fraction of sp³-hybridized carbons (Fsp3) is 0.615. The van der Waals surface area contributed by atoms with Crippen LogP contribution in [0.5, 0.6) is 0 Å². The summed E-state index contributed by atoms with van der Waals surface area (Å²) in [6, 6.07) is 3.37. The number of amides is 1. The van der Waals surface area contributed by atoms with Crippen LogP contribution >= 0.6 is 27.5 Å². The van der Waals surface area contributed by atoms with Gasteiger partial charge in [0.1, 0.15) is 0 Å². The number of carbonyl (C=O) groups is 1. The van der Waals surface area contributed by atoms with Crippen LogP contribution in [0.2, 0.25) is 0 Å². The molecule has 0 spiro atoms. The van der Waals surface area contributed by atoms with E-state index in [2.05, 4.69) is 28.2 Å². The largest absolute Gasteiger partial charge is 0.444 e. The van der Waals surface area contributed by atoms with Crippen LogP contribution in [0, 0.1) is 5.92 Å². The summed E-state index contributed by atoms with van der Waals surface area (Å²) in [5, 5.41) is 3.06. The number of hydrogen-bond donors (Lipinski definition) is 1. The van der Waals surface area contributed by atoms with Gasteiger partial charge in [-0.3, -0.25) is 4.79 Å². The van der Waals surface area contributed by atoms with E-state index in [0.29, 0.717) is 22.2 Å². The van der Waals surface area contributed by atoms with Crippen LogP contribution in [0.1, 0.15) is 43.2 Å². The van der Waals surface area contributed by atoms with Gasteiger partial charge in [-0.05, 0) is 46.8 Å². The molecule has 1 aliphatic rings. The molecule has 1 aromatic rings. The van der Waals surface area contributed by atoms with Crippen molar-refractivity contribution in [2.45, 2.75) is 38.1 Å². The molecule has 1 saturated carbocycles. The van der Waals surface area contributed by atoms with Gasteiger partial charge >= 0.3 is 0 Å². The first-order chi connectivity index (χ1) is 8.54. The monoisotopic (exact) mass is 333 g/mol. The van der Waals surface area contributed by atoms with Crippen LogP contribution < -0.4 is 5.32 Å². The van der Waals surface area contributed by atoms with Gasteiger partial charge in [-0.25, -0.2) is 0 Å². The lowest BCUT2D eigenvalue weighted by molar-refractivity contribution is 0.0837. The van der Waals surface area contributed by atoms with Gasteiger partial charge in [0.15, 0.2) is 10.4 Å². The van der Waals surface area contributed by atoms with Crippen LogP contribution in [0.4, 0.5) is 0 Å². The van der Waals surface area contributed by atoms with Crippen LogP contribution in [0.15, 0.2) is 21.2 Å². The van der Waals surface area contributed by atoms with Crippen LogP contribution in [-0.2, 0) is 0 Å². The first-order valence-corrected chi connectivity index (χ1v) is 7.51. The van der Waals surface area contributed by atoms with Crippen molar-refractivity contribution in [3.63, 3.8) is 0 Å². The van der Waals surface area contributed by atoms with Gasteiger partial charge in [-0.1, -0.05) is 19.8 Å². The van der Waals surface area contributed by atoms with Crippen LogP contribution in [-0.4, -0.2) is 17.3 Å². The number of rotatable bonds is 3. The number of nitrogens with one attached hydrogen (secondary N) is 1. The molecular weight excluding hydrogens is 318 g/mol. The van der Waals surface area contributed by atoms with Gasteiger partial charge in [0, 0.05) is 5.88 Å². The first-order valence-electron chi connectivity index (χ1n) is 6.18. The number of hydrogen-bond acceptors (Lipinski definition) is 2. The summed E-state index contributed by atoms with van der Waals surface area (Å²) in [4.78, 5) is 12.1. The molecule has 100 valence electrons. The Morgan fingerprint density at radius 2 is 2.44 bits per heavy atom. The van der Waals surface area contributed by atoms with Gasteiger partial charge in [0.25, 0.3) is 5.91 Å². The molecule has 0 bridgehead atoms. The molecule has 1 N–H and O–H groups in total. The summed E-state index contributed by atoms with van der Waals surface area (Å²) in [5.41, 5.74) is -0.282. The van der Waals surface area contributed by atoms with Crippen molar-refractivity contribution in [2.24, 2.45) is 5.92 Å². The van der Waals surface area contributed by atoms with Crippen molar-refractivity contribution in [3.8, 4) is 0 Å². The molecule has 1 aliphatic carbocycles.